The zero-order valence-electron chi connectivity index (χ0n) is 9.51. The molecule has 1 aliphatic heterocycles. The Labute approximate surface area is 82.7 Å². The zero-order valence-corrected chi connectivity index (χ0v) is 9.51. The molecule has 0 saturated carbocycles. The highest BCUT2D eigenvalue weighted by molar-refractivity contribution is 4.83. The van der Waals surface area contributed by atoms with Crippen molar-refractivity contribution in [3.63, 3.8) is 0 Å². The van der Waals surface area contributed by atoms with E-state index in [4.69, 9.17) is 0 Å². The second-order valence-electron chi connectivity index (χ2n) is 4.38. The molecule has 2 nitrogen and oxygen atoms in total. The van der Waals surface area contributed by atoms with Gasteiger partial charge in [0.1, 0.15) is 0 Å². The summed E-state index contributed by atoms with van der Waals surface area (Å²) in [5.74, 6) is 0.950. The molecule has 1 N–H and O–H groups in total. The summed E-state index contributed by atoms with van der Waals surface area (Å²) in [6, 6.07) is 1.29. The van der Waals surface area contributed by atoms with Crippen molar-refractivity contribution in [3.05, 3.63) is 0 Å². The van der Waals surface area contributed by atoms with Crippen molar-refractivity contribution in [1.82, 2.24) is 10.2 Å². The first-order valence-corrected chi connectivity index (χ1v) is 5.60. The Morgan fingerprint density at radius 3 is 2.62 bits per heavy atom. The van der Waals surface area contributed by atoms with E-state index >= 15 is 0 Å². The largest absolute Gasteiger partial charge is 0.316 e. The third kappa shape index (κ3) is 2.68. The molecule has 0 aromatic heterocycles. The van der Waals surface area contributed by atoms with Crippen LogP contribution in [0.1, 0.15) is 33.6 Å². The maximum absolute atomic E-state index is 3.33. The van der Waals surface area contributed by atoms with E-state index in [0.717, 1.165) is 5.92 Å². The number of hydrogen-bond donors (Lipinski definition) is 1. The smallest absolute Gasteiger partial charge is 0.0218 e. The van der Waals surface area contributed by atoms with E-state index in [-0.39, 0.29) is 0 Å². The third-order valence-corrected chi connectivity index (χ3v) is 3.65. The van der Waals surface area contributed by atoms with E-state index < -0.39 is 0 Å². The molecule has 0 aromatic carbocycles. The summed E-state index contributed by atoms with van der Waals surface area (Å²) >= 11 is 0. The maximum Gasteiger partial charge on any atom is 0.0218 e. The molecule has 1 fully saturated rings. The van der Waals surface area contributed by atoms with Gasteiger partial charge in [0.05, 0.1) is 0 Å². The number of hydrogen-bond acceptors (Lipinski definition) is 2. The second-order valence-corrected chi connectivity index (χ2v) is 4.38. The molecule has 2 heteroatoms. The van der Waals surface area contributed by atoms with Crippen molar-refractivity contribution in [2.75, 3.05) is 20.1 Å². The van der Waals surface area contributed by atoms with Crippen LogP contribution in [0.5, 0.6) is 0 Å². The number of likely N-dealkylation sites (tertiary alicyclic amines) is 1. The highest BCUT2D eigenvalue weighted by Gasteiger charge is 2.26. The SMILES string of the molecule is CCC1CCN(C(C)C(C)NC)C1. The van der Waals surface area contributed by atoms with Crippen LogP contribution in [0.15, 0.2) is 0 Å². The summed E-state index contributed by atoms with van der Waals surface area (Å²) in [6.45, 7) is 9.51. The lowest BCUT2D eigenvalue weighted by Crippen LogP contribution is -2.44. The van der Waals surface area contributed by atoms with Gasteiger partial charge in [-0.2, -0.15) is 0 Å². The predicted molar refractivity (Wildman–Crippen MR) is 58.0 cm³/mol. The van der Waals surface area contributed by atoms with Crippen LogP contribution in [-0.4, -0.2) is 37.1 Å². The zero-order chi connectivity index (χ0) is 9.84. The van der Waals surface area contributed by atoms with Crippen LogP contribution >= 0.6 is 0 Å². The van der Waals surface area contributed by atoms with Gasteiger partial charge in [0.15, 0.2) is 0 Å². The minimum atomic E-state index is 0.607. The highest BCUT2D eigenvalue weighted by Crippen LogP contribution is 2.21. The van der Waals surface area contributed by atoms with Crippen molar-refractivity contribution in [3.8, 4) is 0 Å². The number of likely N-dealkylation sites (N-methyl/N-ethyl adjacent to an activating group) is 1. The molecule has 0 spiro atoms. The fraction of sp³-hybridized carbons (Fsp3) is 1.00. The molecule has 0 amide bonds. The number of nitrogens with one attached hydrogen (secondary N) is 1. The van der Waals surface area contributed by atoms with Gasteiger partial charge in [-0.25, -0.2) is 0 Å². The van der Waals surface area contributed by atoms with E-state index in [1.54, 1.807) is 0 Å². The van der Waals surface area contributed by atoms with Crippen molar-refractivity contribution in [2.45, 2.75) is 45.7 Å². The molecule has 1 heterocycles. The molecule has 3 atom stereocenters. The van der Waals surface area contributed by atoms with Gasteiger partial charge in [0.25, 0.3) is 0 Å². The van der Waals surface area contributed by atoms with Gasteiger partial charge in [-0.15, -0.1) is 0 Å². The highest BCUT2D eigenvalue weighted by atomic mass is 15.2. The topological polar surface area (TPSA) is 15.3 Å². The monoisotopic (exact) mass is 184 g/mol. The van der Waals surface area contributed by atoms with Gasteiger partial charge in [0.2, 0.25) is 0 Å². The molecular weight excluding hydrogens is 160 g/mol. The minimum absolute atomic E-state index is 0.607. The molecule has 1 saturated heterocycles. The van der Waals surface area contributed by atoms with Crippen LogP contribution in [-0.2, 0) is 0 Å². The summed E-state index contributed by atoms with van der Waals surface area (Å²) in [5.41, 5.74) is 0. The van der Waals surface area contributed by atoms with Gasteiger partial charge < -0.3 is 5.32 Å². The first kappa shape index (κ1) is 11.0. The summed E-state index contributed by atoms with van der Waals surface area (Å²) in [5, 5.41) is 3.33. The predicted octanol–water partition coefficient (Wildman–Crippen LogP) is 1.71. The lowest BCUT2D eigenvalue weighted by Gasteiger charge is -2.29. The van der Waals surface area contributed by atoms with E-state index in [2.05, 4.69) is 38.0 Å². The number of nitrogens with zero attached hydrogens (tertiary/aromatic N) is 1. The standard InChI is InChI=1S/C11H24N2/c1-5-11-6-7-13(8-11)10(3)9(2)12-4/h9-12H,5-8H2,1-4H3. The van der Waals surface area contributed by atoms with Crippen molar-refractivity contribution in [1.29, 1.82) is 0 Å². The lowest BCUT2D eigenvalue weighted by atomic mass is 10.1. The molecule has 0 radical (unpaired) electrons. The van der Waals surface area contributed by atoms with Crippen molar-refractivity contribution >= 4 is 0 Å². The molecular formula is C11H24N2. The average molecular weight is 184 g/mol. The van der Waals surface area contributed by atoms with Crippen LogP contribution in [0.4, 0.5) is 0 Å². The van der Waals surface area contributed by atoms with Crippen LogP contribution in [0.3, 0.4) is 0 Å². The van der Waals surface area contributed by atoms with E-state index in [1.807, 2.05) is 0 Å². The maximum atomic E-state index is 3.33. The fourth-order valence-corrected chi connectivity index (χ4v) is 2.12. The Morgan fingerprint density at radius 2 is 2.15 bits per heavy atom. The number of rotatable bonds is 4. The Kier molecular flexibility index (Phi) is 4.20. The van der Waals surface area contributed by atoms with Crippen LogP contribution in [0.2, 0.25) is 0 Å². The van der Waals surface area contributed by atoms with E-state index in [0.29, 0.717) is 12.1 Å². The lowest BCUT2D eigenvalue weighted by molar-refractivity contribution is 0.211. The second kappa shape index (κ2) is 4.97. The average Bonchev–Trinajstić information content (AvgIpc) is 2.63. The molecule has 78 valence electrons. The van der Waals surface area contributed by atoms with E-state index in [9.17, 15) is 0 Å². The van der Waals surface area contributed by atoms with Gasteiger partial charge >= 0.3 is 0 Å². The van der Waals surface area contributed by atoms with Crippen LogP contribution < -0.4 is 5.32 Å². The third-order valence-electron chi connectivity index (χ3n) is 3.65. The van der Waals surface area contributed by atoms with Crippen LogP contribution in [0.25, 0.3) is 0 Å². The molecule has 0 aliphatic carbocycles. The molecule has 13 heavy (non-hydrogen) atoms. The van der Waals surface area contributed by atoms with Gasteiger partial charge in [-0.3, -0.25) is 4.90 Å². The van der Waals surface area contributed by atoms with Gasteiger partial charge in [-0.05, 0) is 39.8 Å². The van der Waals surface area contributed by atoms with Crippen molar-refractivity contribution in [2.24, 2.45) is 5.92 Å². The summed E-state index contributed by atoms with van der Waals surface area (Å²) in [6.07, 6.45) is 2.74. The molecule has 1 aliphatic rings. The summed E-state index contributed by atoms with van der Waals surface area (Å²) < 4.78 is 0. The first-order chi connectivity index (χ1) is 6.19. The Morgan fingerprint density at radius 1 is 1.46 bits per heavy atom. The molecule has 3 unspecified atom stereocenters. The normalized spacial score (nSPS) is 29.1. The molecule has 0 bridgehead atoms. The minimum Gasteiger partial charge on any atom is -0.316 e. The molecule has 1 rings (SSSR count). The Hall–Kier alpha value is -0.0800. The van der Waals surface area contributed by atoms with Gasteiger partial charge in [0, 0.05) is 18.6 Å². The van der Waals surface area contributed by atoms with Gasteiger partial charge in [-0.1, -0.05) is 13.3 Å². The first-order valence-electron chi connectivity index (χ1n) is 5.60. The Bertz CT molecular complexity index is 147. The summed E-state index contributed by atoms with van der Waals surface area (Å²) in [7, 11) is 2.05. The van der Waals surface area contributed by atoms with Crippen molar-refractivity contribution < 1.29 is 0 Å². The summed E-state index contributed by atoms with van der Waals surface area (Å²) in [4.78, 5) is 2.62. The quantitative estimate of drug-likeness (QED) is 0.715. The van der Waals surface area contributed by atoms with E-state index in [1.165, 1.54) is 25.9 Å². The molecule has 0 aromatic rings. The Balaban J connectivity index is 2.36. The van der Waals surface area contributed by atoms with Crippen LogP contribution in [0, 0.1) is 5.92 Å². The fourth-order valence-electron chi connectivity index (χ4n) is 2.12.